The van der Waals surface area contributed by atoms with Gasteiger partial charge in [-0.15, -0.1) is 0 Å². The maximum atomic E-state index is 12.2. The molecule has 0 atom stereocenters. The van der Waals surface area contributed by atoms with E-state index in [9.17, 15) is 4.79 Å². The minimum absolute atomic E-state index is 0.0243. The Morgan fingerprint density at radius 3 is 2.47 bits per heavy atom. The van der Waals surface area contributed by atoms with E-state index < -0.39 is 0 Å². The molecule has 2 aliphatic rings. The first-order chi connectivity index (χ1) is 9.15. The zero-order valence-corrected chi connectivity index (χ0v) is 11.5. The Morgan fingerprint density at radius 2 is 1.95 bits per heavy atom. The number of benzene rings is 1. The molecule has 1 amide bonds. The third-order valence-electron chi connectivity index (χ3n) is 4.41. The molecule has 3 rings (SSSR count). The van der Waals surface area contributed by atoms with Crippen molar-refractivity contribution < 1.29 is 4.79 Å². The number of hydrogen-bond acceptors (Lipinski definition) is 2. The van der Waals surface area contributed by atoms with Crippen LogP contribution in [-0.4, -0.2) is 12.5 Å². The van der Waals surface area contributed by atoms with Crippen LogP contribution >= 0.6 is 0 Å². The number of carbonyl (C=O) groups is 1. The first kappa shape index (κ1) is 12.5. The van der Waals surface area contributed by atoms with Gasteiger partial charge in [0.05, 0.1) is 5.56 Å². The van der Waals surface area contributed by atoms with E-state index in [1.165, 1.54) is 25.7 Å². The quantitative estimate of drug-likeness (QED) is 0.798. The number of carbonyl (C=O) groups excluding carboxylic acids is 1. The number of anilines is 1. The summed E-state index contributed by atoms with van der Waals surface area (Å²) in [6.07, 6.45) is 5.40. The van der Waals surface area contributed by atoms with Crippen molar-refractivity contribution in [3.05, 3.63) is 29.3 Å². The second-order valence-electron chi connectivity index (χ2n) is 6.14. The maximum absolute atomic E-state index is 12.2. The van der Waals surface area contributed by atoms with Crippen LogP contribution in [0.15, 0.2) is 18.2 Å². The van der Waals surface area contributed by atoms with Crippen LogP contribution in [0.2, 0.25) is 0 Å². The van der Waals surface area contributed by atoms with Crippen LogP contribution in [0.5, 0.6) is 0 Å². The molecular weight excluding hydrogens is 236 g/mol. The fourth-order valence-corrected chi connectivity index (χ4v) is 2.96. The van der Waals surface area contributed by atoms with E-state index in [1.54, 1.807) is 0 Å². The van der Waals surface area contributed by atoms with E-state index in [0.717, 1.165) is 23.9 Å². The summed E-state index contributed by atoms with van der Waals surface area (Å²) < 4.78 is 0. The van der Waals surface area contributed by atoms with Crippen LogP contribution in [0.4, 0.5) is 5.69 Å². The lowest BCUT2D eigenvalue weighted by atomic mass is 9.98. The molecule has 2 aliphatic carbocycles. The van der Waals surface area contributed by atoms with E-state index in [4.69, 9.17) is 5.73 Å². The molecule has 0 aromatic heterocycles. The average Bonchev–Trinajstić information content (AvgIpc) is 3.23. The van der Waals surface area contributed by atoms with Crippen LogP contribution in [0.1, 0.15) is 41.6 Å². The fraction of sp³-hybridized carbons (Fsp3) is 0.562. The van der Waals surface area contributed by atoms with E-state index in [1.807, 2.05) is 25.1 Å². The van der Waals surface area contributed by atoms with Gasteiger partial charge in [-0.1, -0.05) is 6.07 Å². The van der Waals surface area contributed by atoms with E-state index in [0.29, 0.717) is 17.2 Å². The van der Waals surface area contributed by atoms with Gasteiger partial charge < -0.3 is 11.1 Å². The number of hydrogen-bond donors (Lipinski definition) is 2. The summed E-state index contributed by atoms with van der Waals surface area (Å²) in [5.74, 6) is 2.41. The van der Waals surface area contributed by atoms with Gasteiger partial charge >= 0.3 is 0 Å². The monoisotopic (exact) mass is 258 g/mol. The highest BCUT2D eigenvalue weighted by Crippen LogP contribution is 2.48. The lowest BCUT2D eigenvalue weighted by Crippen LogP contribution is -2.31. The molecular formula is C16H22N2O. The van der Waals surface area contributed by atoms with E-state index in [2.05, 4.69) is 5.32 Å². The molecule has 2 saturated carbocycles. The molecule has 2 fully saturated rings. The summed E-state index contributed by atoms with van der Waals surface area (Å²) in [4.78, 5) is 12.2. The van der Waals surface area contributed by atoms with Crippen molar-refractivity contribution in [3.8, 4) is 0 Å². The molecule has 3 N–H and O–H groups in total. The molecule has 3 nitrogen and oxygen atoms in total. The second-order valence-corrected chi connectivity index (χ2v) is 6.14. The first-order valence-electron chi connectivity index (χ1n) is 7.29. The molecule has 0 bridgehead atoms. The van der Waals surface area contributed by atoms with Gasteiger partial charge in [0.2, 0.25) is 0 Å². The molecule has 19 heavy (non-hydrogen) atoms. The smallest absolute Gasteiger partial charge is 0.253 e. The molecule has 3 heteroatoms. The van der Waals surface area contributed by atoms with E-state index >= 15 is 0 Å². The molecule has 0 saturated heterocycles. The number of nitrogens with one attached hydrogen (secondary N) is 1. The normalized spacial score (nSPS) is 18.6. The first-order valence-corrected chi connectivity index (χ1v) is 7.29. The third-order valence-corrected chi connectivity index (χ3v) is 4.41. The predicted octanol–water partition coefficient (Wildman–Crippen LogP) is 2.74. The number of amides is 1. The Morgan fingerprint density at radius 1 is 1.32 bits per heavy atom. The van der Waals surface area contributed by atoms with Crippen LogP contribution in [-0.2, 0) is 0 Å². The van der Waals surface area contributed by atoms with E-state index in [-0.39, 0.29) is 5.91 Å². The predicted molar refractivity (Wildman–Crippen MR) is 76.9 cm³/mol. The lowest BCUT2D eigenvalue weighted by molar-refractivity contribution is 0.0944. The topological polar surface area (TPSA) is 55.1 Å². The minimum Gasteiger partial charge on any atom is -0.398 e. The summed E-state index contributed by atoms with van der Waals surface area (Å²) >= 11 is 0. The van der Waals surface area contributed by atoms with Crippen molar-refractivity contribution in [1.82, 2.24) is 5.32 Å². The Balaban J connectivity index is 1.61. The SMILES string of the molecule is Cc1ccc(C(=O)NCC(C2CC2)C2CC2)c(N)c1. The lowest BCUT2D eigenvalue weighted by Gasteiger charge is -2.16. The van der Waals surface area contributed by atoms with Crippen LogP contribution in [0.3, 0.4) is 0 Å². The molecule has 0 unspecified atom stereocenters. The minimum atomic E-state index is -0.0243. The largest absolute Gasteiger partial charge is 0.398 e. The standard InChI is InChI=1S/C16H22N2O/c1-10-2-7-13(15(17)8-10)16(19)18-9-14(11-3-4-11)12-5-6-12/h2,7-8,11-12,14H,3-6,9,17H2,1H3,(H,18,19). The Hall–Kier alpha value is -1.51. The third kappa shape index (κ3) is 2.91. The van der Waals surface area contributed by atoms with Crippen molar-refractivity contribution in [3.63, 3.8) is 0 Å². The molecule has 1 aromatic rings. The Bertz CT molecular complexity index is 478. The van der Waals surface area contributed by atoms with Gasteiger partial charge in [-0.3, -0.25) is 4.79 Å². The van der Waals surface area contributed by atoms with Crippen molar-refractivity contribution in [2.75, 3.05) is 12.3 Å². The van der Waals surface area contributed by atoms with Crippen LogP contribution in [0, 0.1) is 24.7 Å². The van der Waals surface area contributed by atoms with Gasteiger partial charge in [-0.2, -0.15) is 0 Å². The van der Waals surface area contributed by atoms with Gasteiger partial charge in [0.1, 0.15) is 0 Å². The average molecular weight is 258 g/mol. The van der Waals surface area contributed by atoms with Crippen LogP contribution < -0.4 is 11.1 Å². The molecule has 102 valence electrons. The van der Waals surface area contributed by atoms with Gasteiger partial charge in [0, 0.05) is 12.2 Å². The number of nitrogen functional groups attached to an aromatic ring is 1. The zero-order valence-electron chi connectivity index (χ0n) is 11.5. The maximum Gasteiger partial charge on any atom is 0.253 e. The summed E-state index contributed by atoms with van der Waals surface area (Å²) in [6, 6.07) is 5.61. The molecule has 1 aromatic carbocycles. The molecule has 0 spiro atoms. The Labute approximate surface area is 114 Å². The van der Waals surface area contributed by atoms with Crippen molar-refractivity contribution in [1.29, 1.82) is 0 Å². The van der Waals surface area contributed by atoms with Crippen molar-refractivity contribution in [2.45, 2.75) is 32.6 Å². The fourth-order valence-electron chi connectivity index (χ4n) is 2.96. The number of aryl methyl sites for hydroxylation is 1. The summed E-state index contributed by atoms with van der Waals surface area (Å²) in [7, 11) is 0. The molecule has 0 radical (unpaired) electrons. The van der Waals surface area contributed by atoms with Gasteiger partial charge in [0.15, 0.2) is 0 Å². The van der Waals surface area contributed by atoms with Crippen molar-refractivity contribution in [2.24, 2.45) is 17.8 Å². The Kier molecular flexibility index (Phi) is 3.21. The van der Waals surface area contributed by atoms with Gasteiger partial charge in [-0.25, -0.2) is 0 Å². The zero-order chi connectivity index (χ0) is 13.4. The summed E-state index contributed by atoms with van der Waals surface area (Å²) in [6.45, 7) is 2.80. The summed E-state index contributed by atoms with van der Waals surface area (Å²) in [5.41, 5.74) is 8.18. The number of rotatable bonds is 5. The molecule has 0 aliphatic heterocycles. The second kappa shape index (κ2) is 4.87. The number of nitrogens with two attached hydrogens (primary N) is 1. The highest BCUT2D eigenvalue weighted by molar-refractivity contribution is 5.99. The highest BCUT2D eigenvalue weighted by Gasteiger charge is 2.41. The van der Waals surface area contributed by atoms with Crippen LogP contribution in [0.25, 0.3) is 0 Å². The highest BCUT2D eigenvalue weighted by atomic mass is 16.1. The molecule has 0 heterocycles. The van der Waals surface area contributed by atoms with Gasteiger partial charge in [-0.05, 0) is 68.1 Å². The summed E-state index contributed by atoms with van der Waals surface area (Å²) in [5, 5.41) is 3.08. The van der Waals surface area contributed by atoms with Gasteiger partial charge in [0.25, 0.3) is 5.91 Å². The van der Waals surface area contributed by atoms with Crippen molar-refractivity contribution >= 4 is 11.6 Å².